The van der Waals surface area contributed by atoms with Crippen molar-refractivity contribution < 1.29 is 0 Å². The van der Waals surface area contributed by atoms with Gasteiger partial charge in [0.25, 0.3) is 0 Å². The highest BCUT2D eigenvalue weighted by molar-refractivity contribution is 4.79. The van der Waals surface area contributed by atoms with Gasteiger partial charge in [-0.1, -0.05) is 39.0 Å². The summed E-state index contributed by atoms with van der Waals surface area (Å²) in [4.78, 5) is 0. The third-order valence-corrected chi connectivity index (χ3v) is 4.11. The monoisotopic (exact) mass is 195 g/mol. The SMILES string of the molecule is CC1CCC(CC2CCCCC2)NC1. The van der Waals surface area contributed by atoms with Crippen LogP contribution in [-0.4, -0.2) is 12.6 Å². The molecule has 1 heterocycles. The van der Waals surface area contributed by atoms with Crippen LogP contribution in [0.2, 0.25) is 0 Å². The Hall–Kier alpha value is -0.0400. The fourth-order valence-electron chi connectivity index (χ4n) is 3.08. The highest BCUT2D eigenvalue weighted by Gasteiger charge is 2.22. The number of rotatable bonds is 2. The average molecular weight is 195 g/mol. The fraction of sp³-hybridized carbons (Fsp3) is 1.00. The summed E-state index contributed by atoms with van der Waals surface area (Å²) in [5.74, 6) is 1.97. The molecule has 1 nitrogen and oxygen atoms in total. The zero-order valence-corrected chi connectivity index (χ0v) is 9.60. The molecule has 2 unspecified atom stereocenters. The summed E-state index contributed by atoms with van der Waals surface area (Å²) in [5, 5.41) is 3.72. The van der Waals surface area contributed by atoms with Gasteiger partial charge in [-0.15, -0.1) is 0 Å². The van der Waals surface area contributed by atoms with Gasteiger partial charge in [-0.3, -0.25) is 0 Å². The Morgan fingerprint density at radius 3 is 2.43 bits per heavy atom. The maximum Gasteiger partial charge on any atom is 0.00699 e. The van der Waals surface area contributed by atoms with Gasteiger partial charge in [-0.25, -0.2) is 0 Å². The van der Waals surface area contributed by atoms with Crippen LogP contribution in [-0.2, 0) is 0 Å². The molecule has 1 aliphatic heterocycles. The molecule has 2 rings (SSSR count). The summed E-state index contributed by atoms with van der Waals surface area (Å²) in [5.41, 5.74) is 0. The minimum Gasteiger partial charge on any atom is -0.314 e. The summed E-state index contributed by atoms with van der Waals surface area (Å²) in [6.45, 7) is 3.63. The highest BCUT2D eigenvalue weighted by Crippen LogP contribution is 2.29. The van der Waals surface area contributed by atoms with Crippen molar-refractivity contribution in [2.45, 2.75) is 64.3 Å². The van der Waals surface area contributed by atoms with E-state index in [-0.39, 0.29) is 0 Å². The van der Waals surface area contributed by atoms with Crippen molar-refractivity contribution in [1.82, 2.24) is 5.32 Å². The van der Waals surface area contributed by atoms with Gasteiger partial charge >= 0.3 is 0 Å². The highest BCUT2D eigenvalue weighted by atomic mass is 14.9. The van der Waals surface area contributed by atoms with Gasteiger partial charge in [-0.2, -0.15) is 0 Å². The third kappa shape index (κ3) is 2.98. The van der Waals surface area contributed by atoms with Crippen LogP contribution in [0.1, 0.15) is 58.3 Å². The molecule has 0 radical (unpaired) electrons. The molecule has 2 fully saturated rings. The molecule has 1 heteroatoms. The summed E-state index contributed by atoms with van der Waals surface area (Å²) in [6.07, 6.45) is 11.8. The van der Waals surface area contributed by atoms with Crippen LogP contribution < -0.4 is 5.32 Å². The van der Waals surface area contributed by atoms with Crippen LogP contribution in [0.3, 0.4) is 0 Å². The second-order valence-electron chi connectivity index (χ2n) is 5.53. The van der Waals surface area contributed by atoms with Crippen LogP contribution in [0.5, 0.6) is 0 Å². The molecule has 1 N–H and O–H groups in total. The van der Waals surface area contributed by atoms with Crippen molar-refractivity contribution >= 4 is 0 Å². The summed E-state index contributed by atoms with van der Waals surface area (Å²) < 4.78 is 0. The van der Waals surface area contributed by atoms with Gasteiger partial charge in [0.1, 0.15) is 0 Å². The van der Waals surface area contributed by atoms with Crippen LogP contribution in [0.25, 0.3) is 0 Å². The van der Waals surface area contributed by atoms with Crippen LogP contribution in [0.15, 0.2) is 0 Å². The molecule has 1 aliphatic carbocycles. The van der Waals surface area contributed by atoms with E-state index in [9.17, 15) is 0 Å². The van der Waals surface area contributed by atoms with E-state index in [2.05, 4.69) is 12.2 Å². The zero-order valence-electron chi connectivity index (χ0n) is 9.60. The van der Waals surface area contributed by atoms with Crippen molar-refractivity contribution in [3.8, 4) is 0 Å². The predicted octanol–water partition coefficient (Wildman–Crippen LogP) is 3.34. The summed E-state index contributed by atoms with van der Waals surface area (Å²) >= 11 is 0. The van der Waals surface area contributed by atoms with E-state index in [1.165, 1.54) is 57.9 Å². The summed E-state index contributed by atoms with van der Waals surface area (Å²) in [7, 11) is 0. The number of nitrogens with one attached hydrogen (secondary N) is 1. The van der Waals surface area contributed by atoms with Crippen molar-refractivity contribution in [2.24, 2.45) is 11.8 Å². The quantitative estimate of drug-likeness (QED) is 0.712. The molecule has 2 aliphatic rings. The minimum absolute atomic E-state index is 0.856. The lowest BCUT2D eigenvalue weighted by atomic mass is 9.82. The molecule has 0 aromatic rings. The van der Waals surface area contributed by atoms with Gasteiger partial charge in [-0.05, 0) is 37.6 Å². The average Bonchev–Trinajstić information content (AvgIpc) is 2.23. The van der Waals surface area contributed by atoms with E-state index >= 15 is 0 Å². The minimum atomic E-state index is 0.856. The van der Waals surface area contributed by atoms with E-state index in [1.807, 2.05) is 0 Å². The number of hydrogen-bond donors (Lipinski definition) is 1. The molecule has 1 saturated carbocycles. The lowest BCUT2D eigenvalue weighted by Crippen LogP contribution is -2.39. The lowest BCUT2D eigenvalue weighted by molar-refractivity contribution is 0.249. The number of piperidine rings is 1. The first-order chi connectivity index (χ1) is 6.84. The zero-order chi connectivity index (χ0) is 9.80. The second kappa shape index (κ2) is 5.16. The van der Waals surface area contributed by atoms with E-state index in [0.29, 0.717) is 0 Å². The Kier molecular flexibility index (Phi) is 3.86. The van der Waals surface area contributed by atoms with Crippen molar-refractivity contribution in [2.75, 3.05) is 6.54 Å². The van der Waals surface area contributed by atoms with Gasteiger partial charge < -0.3 is 5.32 Å². The fourth-order valence-corrected chi connectivity index (χ4v) is 3.08. The Morgan fingerprint density at radius 1 is 1.00 bits per heavy atom. The Morgan fingerprint density at radius 2 is 1.79 bits per heavy atom. The standard InChI is InChI=1S/C13H25N/c1-11-7-8-13(14-10-11)9-12-5-3-2-4-6-12/h11-14H,2-10H2,1H3. The van der Waals surface area contributed by atoms with E-state index in [1.54, 1.807) is 0 Å². The first-order valence-electron chi connectivity index (χ1n) is 6.58. The molecule has 14 heavy (non-hydrogen) atoms. The van der Waals surface area contributed by atoms with Gasteiger partial charge in [0.05, 0.1) is 0 Å². The molecule has 82 valence electrons. The topological polar surface area (TPSA) is 12.0 Å². The van der Waals surface area contributed by atoms with Crippen molar-refractivity contribution in [3.63, 3.8) is 0 Å². The third-order valence-electron chi connectivity index (χ3n) is 4.11. The maximum atomic E-state index is 3.72. The van der Waals surface area contributed by atoms with Gasteiger partial charge in [0.15, 0.2) is 0 Å². The maximum absolute atomic E-state index is 3.72. The first-order valence-corrected chi connectivity index (χ1v) is 6.58. The Balaban J connectivity index is 1.68. The molecule has 0 amide bonds. The molecule has 0 bridgehead atoms. The molecule has 0 aromatic carbocycles. The van der Waals surface area contributed by atoms with Gasteiger partial charge in [0, 0.05) is 6.04 Å². The van der Waals surface area contributed by atoms with E-state index < -0.39 is 0 Å². The van der Waals surface area contributed by atoms with E-state index in [0.717, 1.165) is 17.9 Å². The largest absolute Gasteiger partial charge is 0.314 e. The lowest BCUT2D eigenvalue weighted by Gasteiger charge is -2.32. The molecule has 0 aromatic heterocycles. The van der Waals surface area contributed by atoms with E-state index in [4.69, 9.17) is 0 Å². The van der Waals surface area contributed by atoms with Gasteiger partial charge in [0.2, 0.25) is 0 Å². The molecular weight excluding hydrogens is 170 g/mol. The molecular formula is C13H25N. The smallest absolute Gasteiger partial charge is 0.00699 e. The summed E-state index contributed by atoms with van der Waals surface area (Å²) in [6, 6.07) is 0.856. The molecule has 0 spiro atoms. The van der Waals surface area contributed by atoms with Crippen LogP contribution >= 0.6 is 0 Å². The van der Waals surface area contributed by atoms with Crippen molar-refractivity contribution in [1.29, 1.82) is 0 Å². The molecule has 1 saturated heterocycles. The van der Waals surface area contributed by atoms with Crippen molar-refractivity contribution in [3.05, 3.63) is 0 Å². The van der Waals surface area contributed by atoms with Crippen LogP contribution in [0.4, 0.5) is 0 Å². The predicted molar refractivity (Wildman–Crippen MR) is 61.4 cm³/mol. The second-order valence-corrected chi connectivity index (χ2v) is 5.53. The normalized spacial score (nSPS) is 35.8. The number of hydrogen-bond acceptors (Lipinski definition) is 1. The Bertz CT molecular complexity index is 153. The first kappa shape index (κ1) is 10.5. The van der Waals surface area contributed by atoms with Crippen LogP contribution in [0, 0.1) is 11.8 Å². The molecule has 2 atom stereocenters. The Labute approximate surface area is 88.7 Å².